The molecule has 1 N–H and O–H groups in total. The maximum atomic E-state index is 13.4. The van der Waals surface area contributed by atoms with Gasteiger partial charge in [-0.05, 0) is 29.7 Å². The van der Waals surface area contributed by atoms with E-state index in [9.17, 15) is 19.3 Å². The van der Waals surface area contributed by atoms with E-state index in [1.165, 1.54) is 30.4 Å². The molecule has 0 heterocycles. The van der Waals surface area contributed by atoms with Gasteiger partial charge < -0.3 is 5.32 Å². The first-order valence-corrected chi connectivity index (χ1v) is 7.00. The van der Waals surface area contributed by atoms with Gasteiger partial charge in [-0.15, -0.1) is 0 Å². The Morgan fingerprint density at radius 2 is 2.00 bits per heavy atom. The molecular weight excluding hydrogens is 299 g/mol. The van der Waals surface area contributed by atoms with Crippen molar-refractivity contribution >= 4 is 17.7 Å². The van der Waals surface area contributed by atoms with Crippen molar-refractivity contribution in [1.82, 2.24) is 5.32 Å². The van der Waals surface area contributed by atoms with Crippen LogP contribution in [-0.4, -0.2) is 17.4 Å². The van der Waals surface area contributed by atoms with E-state index in [4.69, 9.17) is 0 Å². The van der Waals surface area contributed by atoms with Crippen LogP contribution in [0, 0.1) is 15.9 Å². The van der Waals surface area contributed by atoms with E-state index < -0.39 is 4.92 Å². The minimum atomic E-state index is -0.494. The summed E-state index contributed by atoms with van der Waals surface area (Å²) in [5, 5.41) is 13.3. The molecule has 0 spiro atoms. The highest BCUT2D eigenvalue weighted by Crippen LogP contribution is 2.14. The second kappa shape index (κ2) is 7.84. The molecule has 0 fully saturated rings. The lowest BCUT2D eigenvalue weighted by Crippen LogP contribution is -2.23. The maximum absolute atomic E-state index is 13.4. The number of nitrogens with one attached hydrogen (secondary N) is 1. The molecule has 23 heavy (non-hydrogen) atoms. The smallest absolute Gasteiger partial charge is 0.270 e. The van der Waals surface area contributed by atoms with Gasteiger partial charge in [0.05, 0.1) is 4.92 Å². The molecule has 0 aromatic heterocycles. The van der Waals surface area contributed by atoms with E-state index in [0.717, 1.165) is 0 Å². The highest BCUT2D eigenvalue weighted by molar-refractivity contribution is 5.91. The molecule has 0 saturated carbocycles. The molecule has 0 atom stereocenters. The molecule has 6 heteroatoms. The number of hydrogen-bond acceptors (Lipinski definition) is 3. The number of nitro groups is 1. The summed E-state index contributed by atoms with van der Waals surface area (Å²) in [4.78, 5) is 21.9. The number of nitrogens with zero attached hydrogens (tertiary/aromatic N) is 1. The number of amides is 1. The third kappa shape index (κ3) is 5.03. The number of benzene rings is 2. The molecule has 0 radical (unpaired) electrons. The van der Waals surface area contributed by atoms with Crippen LogP contribution in [0.5, 0.6) is 0 Å². The Labute approximate surface area is 132 Å². The largest absolute Gasteiger partial charge is 0.352 e. The second-order valence-electron chi connectivity index (χ2n) is 4.82. The van der Waals surface area contributed by atoms with Crippen LogP contribution in [0.4, 0.5) is 10.1 Å². The highest BCUT2D eigenvalue weighted by Gasteiger charge is 2.04. The molecule has 2 aromatic rings. The molecule has 118 valence electrons. The zero-order chi connectivity index (χ0) is 16.7. The van der Waals surface area contributed by atoms with E-state index in [-0.39, 0.29) is 17.4 Å². The summed E-state index contributed by atoms with van der Waals surface area (Å²) in [5.41, 5.74) is 1.06. The van der Waals surface area contributed by atoms with Crippen molar-refractivity contribution in [2.45, 2.75) is 6.42 Å². The van der Waals surface area contributed by atoms with Gasteiger partial charge in [0.25, 0.3) is 5.69 Å². The minimum absolute atomic E-state index is 0.0351. The zero-order valence-corrected chi connectivity index (χ0v) is 12.2. The van der Waals surface area contributed by atoms with Crippen molar-refractivity contribution in [3.8, 4) is 0 Å². The van der Waals surface area contributed by atoms with E-state index in [1.807, 2.05) is 0 Å². The van der Waals surface area contributed by atoms with E-state index in [2.05, 4.69) is 5.32 Å². The first-order valence-electron chi connectivity index (χ1n) is 7.00. The van der Waals surface area contributed by atoms with E-state index in [1.54, 1.807) is 30.3 Å². The van der Waals surface area contributed by atoms with Gasteiger partial charge in [-0.25, -0.2) is 4.39 Å². The summed E-state index contributed by atoms with van der Waals surface area (Å²) >= 11 is 0. The summed E-state index contributed by atoms with van der Waals surface area (Å²) in [6.07, 6.45) is 3.18. The SMILES string of the molecule is O=C(/C=C/c1cccc([N+](=O)[O-])c1)NCCc1ccccc1F. The van der Waals surface area contributed by atoms with Crippen molar-refractivity contribution in [3.63, 3.8) is 0 Å². The van der Waals surface area contributed by atoms with Crippen LogP contribution in [0.1, 0.15) is 11.1 Å². The molecule has 1 amide bonds. The lowest BCUT2D eigenvalue weighted by atomic mass is 10.1. The number of rotatable bonds is 6. The summed E-state index contributed by atoms with van der Waals surface area (Å²) in [6.45, 7) is 0.305. The number of non-ortho nitro benzene ring substituents is 1. The molecule has 0 aliphatic carbocycles. The number of carbonyl (C=O) groups is 1. The van der Waals surface area contributed by atoms with Crippen LogP contribution in [0.3, 0.4) is 0 Å². The van der Waals surface area contributed by atoms with Crippen molar-refractivity contribution in [2.75, 3.05) is 6.54 Å². The molecule has 0 aliphatic rings. The summed E-state index contributed by atoms with van der Waals surface area (Å²) in [5.74, 6) is -0.637. The minimum Gasteiger partial charge on any atom is -0.352 e. The Bertz CT molecular complexity index is 744. The standard InChI is InChI=1S/C17H15FN2O3/c18-16-7-2-1-5-14(16)10-11-19-17(21)9-8-13-4-3-6-15(12-13)20(22)23/h1-9,12H,10-11H2,(H,19,21)/b9-8+. The van der Waals surface area contributed by atoms with Gasteiger partial charge in [-0.1, -0.05) is 30.3 Å². The Hall–Kier alpha value is -3.02. The Morgan fingerprint density at radius 3 is 2.74 bits per heavy atom. The van der Waals surface area contributed by atoms with Gasteiger partial charge in [-0.3, -0.25) is 14.9 Å². The van der Waals surface area contributed by atoms with E-state index in [0.29, 0.717) is 24.1 Å². The molecule has 5 nitrogen and oxygen atoms in total. The highest BCUT2D eigenvalue weighted by atomic mass is 19.1. The third-order valence-corrected chi connectivity index (χ3v) is 3.16. The van der Waals surface area contributed by atoms with Crippen molar-refractivity contribution < 1.29 is 14.1 Å². The van der Waals surface area contributed by atoms with Gasteiger partial charge in [0, 0.05) is 24.8 Å². The van der Waals surface area contributed by atoms with Crippen molar-refractivity contribution in [1.29, 1.82) is 0 Å². The monoisotopic (exact) mass is 314 g/mol. The fourth-order valence-corrected chi connectivity index (χ4v) is 1.99. The molecular formula is C17H15FN2O3. The molecule has 2 rings (SSSR count). The predicted octanol–water partition coefficient (Wildman–Crippen LogP) is 3.11. The second-order valence-corrected chi connectivity index (χ2v) is 4.82. The van der Waals surface area contributed by atoms with Gasteiger partial charge >= 0.3 is 0 Å². The average Bonchev–Trinajstić information content (AvgIpc) is 2.55. The number of nitro benzene ring substituents is 1. The van der Waals surface area contributed by atoms with Crippen LogP contribution >= 0.6 is 0 Å². The van der Waals surface area contributed by atoms with Gasteiger partial charge in [-0.2, -0.15) is 0 Å². The van der Waals surface area contributed by atoms with Crippen molar-refractivity contribution in [3.05, 3.63) is 81.7 Å². The maximum Gasteiger partial charge on any atom is 0.270 e. The van der Waals surface area contributed by atoms with Crippen LogP contribution in [0.15, 0.2) is 54.6 Å². The van der Waals surface area contributed by atoms with Gasteiger partial charge in [0.15, 0.2) is 0 Å². The predicted molar refractivity (Wildman–Crippen MR) is 85.2 cm³/mol. The Kier molecular flexibility index (Phi) is 5.57. The van der Waals surface area contributed by atoms with Crippen LogP contribution in [-0.2, 0) is 11.2 Å². The molecule has 0 bridgehead atoms. The van der Waals surface area contributed by atoms with Crippen molar-refractivity contribution in [2.24, 2.45) is 0 Å². The van der Waals surface area contributed by atoms with E-state index >= 15 is 0 Å². The van der Waals surface area contributed by atoms with Gasteiger partial charge in [0.1, 0.15) is 5.82 Å². The van der Waals surface area contributed by atoms with Crippen LogP contribution in [0.25, 0.3) is 6.08 Å². The third-order valence-electron chi connectivity index (χ3n) is 3.16. The molecule has 0 saturated heterocycles. The Morgan fingerprint density at radius 1 is 1.22 bits per heavy atom. The number of carbonyl (C=O) groups excluding carboxylic acids is 1. The molecule has 2 aromatic carbocycles. The zero-order valence-electron chi connectivity index (χ0n) is 12.2. The van der Waals surface area contributed by atoms with Crippen LogP contribution in [0.2, 0.25) is 0 Å². The number of hydrogen-bond donors (Lipinski definition) is 1. The topological polar surface area (TPSA) is 72.2 Å². The fourth-order valence-electron chi connectivity index (χ4n) is 1.99. The first kappa shape index (κ1) is 16.4. The quantitative estimate of drug-likeness (QED) is 0.506. The summed E-state index contributed by atoms with van der Waals surface area (Å²) < 4.78 is 13.4. The van der Waals surface area contributed by atoms with Gasteiger partial charge in [0.2, 0.25) is 5.91 Å². The fraction of sp³-hybridized carbons (Fsp3) is 0.118. The molecule has 0 aliphatic heterocycles. The summed E-state index contributed by atoms with van der Waals surface area (Å²) in [7, 11) is 0. The Balaban J connectivity index is 1.86. The summed E-state index contributed by atoms with van der Waals surface area (Å²) in [6, 6.07) is 12.4. The normalized spacial score (nSPS) is 10.7. The average molecular weight is 314 g/mol. The number of halogens is 1. The lowest BCUT2D eigenvalue weighted by Gasteiger charge is -2.03. The first-order chi connectivity index (χ1) is 11.1. The molecule has 0 unspecified atom stereocenters. The lowest BCUT2D eigenvalue weighted by molar-refractivity contribution is -0.384. The van der Waals surface area contributed by atoms with Crippen LogP contribution < -0.4 is 5.32 Å².